The lowest BCUT2D eigenvalue weighted by molar-refractivity contribution is -0.513. The fraction of sp³-hybridized carbons (Fsp3) is 0.158. The van der Waals surface area contributed by atoms with Crippen molar-refractivity contribution < 1.29 is 19.7 Å². The Balaban J connectivity index is 2.20. The fourth-order valence-electron chi connectivity index (χ4n) is 2.82. The van der Waals surface area contributed by atoms with Crippen molar-refractivity contribution in [1.82, 2.24) is 0 Å². The first-order valence-electron chi connectivity index (χ1n) is 7.61. The molecule has 0 spiro atoms. The zero-order chi connectivity index (χ0) is 17.1. The monoisotopic (exact) mass is 325 g/mol. The van der Waals surface area contributed by atoms with Crippen molar-refractivity contribution in [2.45, 2.75) is 13.5 Å². The van der Waals surface area contributed by atoms with Crippen LogP contribution in [0.1, 0.15) is 22.5 Å². The zero-order valence-electron chi connectivity index (χ0n) is 13.6. The van der Waals surface area contributed by atoms with Gasteiger partial charge in [0.1, 0.15) is 23.3 Å². The highest BCUT2D eigenvalue weighted by Crippen LogP contribution is 2.34. The topological polar surface area (TPSA) is 82.3 Å². The Kier molecular flexibility index (Phi) is 4.66. The zero-order valence-corrected chi connectivity index (χ0v) is 13.6. The summed E-state index contributed by atoms with van der Waals surface area (Å²) in [4.78, 5) is 0. The summed E-state index contributed by atoms with van der Waals surface area (Å²) in [6, 6.07) is 13.2. The van der Waals surface area contributed by atoms with Crippen molar-refractivity contribution >= 4 is 16.5 Å². The van der Waals surface area contributed by atoms with Crippen LogP contribution < -0.4 is 10.2 Å². The largest absolute Gasteiger partial charge is 0.631 e. The average Bonchev–Trinajstić information content (AvgIpc) is 3.04. The van der Waals surface area contributed by atoms with Crippen molar-refractivity contribution in [3.05, 3.63) is 76.3 Å². The van der Waals surface area contributed by atoms with Gasteiger partial charge in [0.25, 0.3) is 0 Å². The van der Waals surface area contributed by atoms with Crippen LogP contribution in [0.2, 0.25) is 0 Å². The van der Waals surface area contributed by atoms with E-state index in [0.29, 0.717) is 22.6 Å². The van der Waals surface area contributed by atoms with Crippen molar-refractivity contribution in [3.63, 3.8) is 0 Å². The molecule has 0 aliphatic rings. The number of nitrogens with two attached hydrogens (primary N) is 1. The summed E-state index contributed by atoms with van der Waals surface area (Å²) in [5, 5.41) is 21.7. The average molecular weight is 325 g/mol. The first kappa shape index (κ1) is 16.3. The lowest BCUT2D eigenvalue weighted by atomic mass is 9.96. The molecule has 124 valence electrons. The van der Waals surface area contributed by atoms with Gasteiger partial charge in [0.15, 0.2) is 0 Å². The predicted molar refractivity (Wildman–Crippen MR) is 92.2 cm³/mol. The molecule has 1 aromatic heterocycles. The third kappa shape index (κ3) is 2.92. The Labute approximate surface area is 139 Å². The summed E-state index contributed by atoms with van der Waals surface area (Å²) in [5.74, 6) is 1.26. The molecule has 1 heterocycles. The Hall–Kier alpha value is -2.60. The van der Waals surface area contributed by atoms with Gasteiger partial charge in [0, 0.05) is 5.39 Å². The van der Waals surface area contributed by atoms with Crippen LogP contribution in [0.25, 0.3) is 16.5 Å². The van der Waals surface area contributed by atoms with Crippen molar-refractivity contribution in [3.8, 4) is 5.75 Å². The van der Waals surface area contributed by atoms with Crippen LogP contribution in [0.15, 0.2) is 53.1 Å². The third-order valence-electron chi connectivity index (χ3n) is 4.04. The summed E-state index contributed by atoms with van der Waals surface area (Å²) in [6.07, 6.45) is 1.47. The lowest BCUT2D eigenvalue weighted by Crippen LogP contribution is -2.70. The van der Waals surface area contributed by atoms with Crippen LogP contribution >= 0.6 is 0 Å². The van der Waals surface area contributed by atoms with E-state index in [4.69, 9.17) is 9.15 Å². The third-order valence-corrected chi connectivity index (χ3v) is 4.04. The molecule has 24 heavy (non-hydrogen) atoms. The Morgan fingerprint density at radius 2 is 2.08 bits per heavy atom. The molecule has 0 atom stereocenters. The van der Waals surface area contributed by atoms with Gasteiger partial charge in [-0.2, -0.15) is 0 Å². The second-order valence-corrected chi connectivity index (χ2v) is 5.49. The van der Waals surface area contributed by atoms with E-state index in [1.54, 1.807) is 13.2 Å². The second-order valence-electron chi connectivity index (χ2n) is 5.49. The van der Waals surface area contributed by atoms with Crippen molar-refractivity contribution in [2.75, 3.05) is 7.11 Å². The normalized spacial score (nSPS) is 11.9. The number of hydrogen-bond donors (Lipinski definition) is 2. The van der Waals surface area contributed by atoms with Crippen LogP contribution in [-0.4, -0.2) is 12.2 Å². The van der Waals surface area contributed by atoms with Crippen molar-refractivity contribution in [2.24, 2.45) is 0 Å². The van der Waals surface area contributed by atoms with Gasteiger partial charge in [-0.1, -0.05) is 18.2 Å². The summed E-state index contributed by atoms with van der Waals surface area (Å²) in [5.41, 5.74) is 4.53. The second kappa shape index (κ2) is 6.88. The molecule has 3 aromatic rings. The molecule has 5 nitrogen and oxygen atoms in total. The first-order valence-corrected chi connectivity index (χ1v) is 7.61. The number of aliphatic hydroxyl groups excluding tert-OH is 1. The highest BCUT2D eigenvalue weighted by Gasteiger charge is 2.17. The molecule has 3 rings (SSSR count). The van der Waals surface area contributed by atoms with Gasteiger partial charge in [-0.3, -0.25) is 0 Å². The van der Waals surface area contributed by atoms with Gasteiger partial charge in [-0.05, 0) is 47.9 Å². The van der Waals surface area contributed by atoms with Crippen LogP contribution in [-0.2, 0) is 6.61 Å². The lowest BCUT2D eigenvalue weighted by Gasteiger charge is -2.14. The highest BCUT2D eigenvalue weighted by atomic mass is 16.5. The molecule has 0 aliphatic carbocycles. The Bertz CT molecular complexity index is 863. The van der Waals surface area contributed by atoms with Gasteiger partial charge in [-0.15, -0.1) is 0 Å². The van der Waals surface area contributed by atoms with Crippen LogP contribution in [0.5, 0.6) is 5.75 Å². The van der Waals surface area contributed by atoms with Gasteiger partial charge < -0.3 is 24.9 Å². The van der Waals surface area contributed by atoms with E-state index >= 15 is 0 Å². The molecule has 3 N–H and O–H groups in total. The predicted octanol–water partition coefficient (Wildman–Crippen LogP) is 2.69. The number of hydroxylamine groups is 1. The minimum atomic E-state index is -0.113. The number of quaternary nitrogens is 1. The summed E-state index contributed by atoms with van der Waals surface area (Å²) < 4.78 is 11.3. The number of methoxy groups -OCH3 is 1. The van der Waals surface area contributed by atoms with Crippen molar-refractivity contribution in [1.29, 1.82) is 0 Å². The van der Waals surface area contributed by atoms with Gasteiger partial charge in [-0.25, -0.2) is 0 Å². The van der Waals surface area contributed by atoms with Crippen LogP contribution in [0, 0.1) is 12.1 Å². The molecule has 2 aromatic carbocycles. The number of para-hydroxylation sites is 1. The van der Waals surface area contributed by atoms with E-state index in [2.05, 4.69) is 0 Å². The maximum Gasteiger partial charge on any atom is 0.141 e. The molecule has 0 saturated heterocycles. The highest BCUT2D eigenvalue weighted by molar-refractivity contribution is 5.87. The number of rotatable bonds is 5. The SMILES string of the molecule is COc1cc(CO)cc(/C(=C\[NH2+][O-])c2cc3ccccc3o2)c1C. The minimum Gasteiger partial charge on any atom is -0.631 e. The maximum atomic E-state index is 11.2. The van der Waals surface area contributed by atoms with E-state index in [9.17, 15) is 10.3 Å². The Morgan fingerprint density at radius 3 is 2.75 bits per heavy atom. The quantitative estimate of drug-likeness (QED) is 0.707. The molecule has 0 aliphatic heterocycles. The Morgan fingerprint density at radius 1 is 1.29 bits per heavy atom. The number of fused-ring (bicyclic) bond motifs is 1. The summed E-state index contributed by atoms with van der Waals surface area (Å²) >= 11 is 0. The number of furan rings is 1. The molecule has 0 saturated carbocycles. The first-order chi connectivity index (χ1) is 11.7. The number of ether oxygens (including phenoxy) is 1. The van der Waals surface area contributed by atoms with E-state index in [1.807, 2.05) is 43.3 Å². The molecule has 5 heteroatoms. The fourth-order valence-corrected chi connectivity index (χ4v) is 2.82. The minimum absolute atomic E-state index is 0.113. The van der Waals surface area contributed by atoms with E-state index < -0.39 is 0 Å². The smallest absolute Gasteiger partial charge is 0.141 e. The maximum absolute atomic E-state index is 11.2. The van der Waals surface area contributed by atoms with Crippen LogP contribution in [0.3, 0.4) is 0 Å². The number of aliphatic hydroxyl groups is 1. The molecular weight excluding hydrogens is 306 g/mol. The van der Waals surface area contributed by atoms with Gasteiger partial charge in [0.05, 0.1) is 19.3 Å². The van der Waals surface area contributed by atoms with Gasteiger partial charge >= 0.3 is 0 Å². The molecule has 0 bridgehead atoms. The molecule has 0 unspecified atom stereocenters. The summed E-state index contributed by atoms with van der Waals surface area (Å²) in [7, 11) is 1.58. The van der Waals surface area contributed by atoms with Crippen LogP contribution in [0.4, 0.5) is 0 Å². The van der Waals surface area contributed by atoms with E-state index in [0.717, 1.165) is 27.6 Å². The molecule has 0 amide bonds. The van der Waals surface area contributed by atoms with Gasteiger partial charge in [0.2, 0.25) is 0 Å². The number of benzene rings is 2. The molecular formula is C19H19NO4. The molecule has 0 fully saturated rings. The molecule has 0 radical (unpaired) electrons. The number of hydrogen-bond acceptors (Lipinski definition) is 4. The van der Waals surface area contributed by atoms with E-state index in [-0.39, 0.29) is 6.61 Å². The summed E-state index contributed by atoms with van der Waals surface area (Å²) in [6.45, 7) is 1.80. The standard InChI is InChI=1S/C19H19NO4/c1-12-15(7-13(11-21)8-18(12)23-2)16(10-20-22)19-9-14-5-3-4-6-17(14)24-19/h3-10,21H,11,20H2,1-2H3/b16-10+. The van der Waals surface area contributed by atoms with E-state index in [1.165, 1.54) is 6.20 Å².